The van der Waals surface area contributed by atoms with Gasteiger partial charge in [-0.15, -0.1) is 0 Å². The van der Waals surface area contributed by atoms with Crippen molar-refractivity contribution in [3.05, 3.63) is 12.4 Å². The number of ether oxygens (including phenoxy) is 1. The third-order valence-corrected chi connectivity index (χ3v) is 4.71. The third kappa shape index (κ3) is 7.40. The molecule has 1 aromatic rings. The number of nitrogens with one attached hydrogen (secondary N) is 1. The highest BCUT2D eigenvalue weighted by molar-refractivity contribution is 5.98. The molecule has 1 fully saturated rings. The normalized spacial score (nSPS) is 15.0. The molecule has 1 amide bonds. The molecular weight excluding hydrogens is 372 g/mol. The van der Waals surface area contributed by atoms with Crippen LogP contribution < -0.4 is 10.2 Å². The first-order chi connectivity index (χ1) is 14.0. The molecule has 0 aromatic carbocycles. The van der Waals surface area contributed by atoms with Gasteiger partial charge in [0.05, 0.1) is 18.5 Å². The second kappa shape index (κ2) is 12.1. The van der Waals surface area contributed by atoms with Crippen LogP contribution >= 0.6 is 0 Å². The number of hydrogen-bond donors (Lipinski definition) is 1. The van der Waals surface area contributed by atoms with Crippen LogP contribution in [-0.4, -0.2) is 71.8 Å². The van der Waals surface area contributed by atoms with Gasteiger partial charge >= 0.3 is 5.97 Å². The molecule has 29 heavy (non-hydrogen) atoms. The molecular formula is C20H34N6O3. The summed E-state index contributed by atoms with van der Waals surface area (Å²) in [4.78, 5) is 32.4. The summed E-state index contributed by atoms with van der Waals surface area (Å²) in [5, 5.41) is 7.44. The summed E-state index contributed by atoms with van der Waals surface area (Å²) in [5.74, 6) is 0.724. The quantitative estimate of drug-likeness (QED) is 0.274. The van der Waals surface area contributed by atoms with E-state index in [9.17, 15) is 9.59 Å². The van der Waals surface area contributed by atoms with Gasteiger partial charge < -0.3 is 19.9 Å². The van der Waals surface area contributed by atoms with Gasteiger partial charge in [0.1, 0.15) is 6.54 Å². The Balaban J connectivity index is 1.75. The van der Waals surface area contributed by atoms with Crippen molar-refractivity contribution in [2.24, 2.45) is 12.0 Å². The van der Waals surface area contributed by atoms with Gasteiger partial charge in [0.2, 0.25) is 5.91 Å². The number of nitrogens with zero attached hydrogens (tertiary/aromatic N) is 5. The zero-order valence-electron chi connectivity index (χ0n) is 17.9. The van der Waals surface area contributed by atoms with E-state index in [0.29, 0.717) is 32.7 Å². The highest BCUT2D eigenvalue weighted by Crippen LogP contribution is 2.16. The van der Waals surface area contributed by atoms with Gasteiger partial charge in [-0.05, 0) is 26.7 Å². The Bertz CT molecular complexity index is 688. The van der Waals surface area contributed by atoms with Crippen molar-refractivity contribution in [3.63, 3.8) is 0 Å². The zero-order chi connectivity index (χ0) is 21.1. The van der Waals surface area contributed by atoms with Gasteiger partial charge in [0, 0.05) is 45.8 Å². The second-order valence-electron chi connectivity index (χ2n) is 7.04. The summed E-state index contributed by atoms with van der Waals surface area (Å²) < 4.78 is 6.63. The summed E-state index contributed by atoms with van der Waals surface area (Å²) in [7, 11) is 1.84. The topological polar surface area (TPSA) is 92.1 Å². The molecule has 9 heteroatoms. The highest BCUT2D eigenvalue weighted by atomic mass is 16.5. The number of anilines is 1. The minimum Gasteiger partial charge on any atom is -0.466 e. The fraction of sp³-hybridized carbons (Fsp3) is 0.700. The molecule has 1 aromatic heterocycles. The number of esters is 1. The number of amides is 1. The number of aliphatic imine (C=N–C) groups is 1. The van der Waals surface area contributed by atoms with Crippen LogP contribution in [0, 0.1) is 0 Å². The molecule has 2 rings (SSSR count). The van der Waals surface area contributed by atoms with Gasteiger partial charge in [-0.2, -0.15) is 5.10 Å². The van der Waals surface area contributed by atoms with Crippen molar-refractivity contribution in [3.8, 4) is 0 Å². The summed E-state index contributed by atoms with van der Waals surface area (Å²) in [6, 6.07) is 0. The maximum absolute atomic E-state index is 12.6. The predicted molar refractivity (Wildman–Crippen MR) is 113 cm³/mol. The summed E-state index contributed by atoms with van der Waals surface area (Å²) in [6.45, 7) is 7.41. The molecule has 0 saturated carbocycles. The first-order valence-electron chi connectivity index (χ1n) is 10.5. The third-order valence-electron chi connectivity index (χ3n) is 4.71. The number of unbranched alkanes of at least 4 members (excludes halogenated alkanes) is 3. The van der Waals surface area contributed by atoms with E-state index in [0.717, 1.165) is 50.4 Å². The maximum Gasteiger partial charge on any atom is 0.305 e. The fourth-order valence-corrected chi connectivity index (χ4v) is 3.25. The number of aryl methyl sites for hydroxylation is 1. The van der Waals surface area contributed by atoms with Crippen molar-refractivity contribution in [1.29, 1.82) is 0 Å². The molecule has 0 spiro atoms. The molecule has 2 heterocycles. The Morgan fingerprint density at radius 2 is 2.03 bits per heavy atom. The number of carbonyl (C=O) groups is 2. The Morgan fingerprint density at radius 1 is 1.24 bits per heavy atom. The monoisotopic (exact) mass is 406 g/mol. The van der Waals surface area contributed by atoms with Crippen LogP contribution in [0.1, 0.15) is 46.0 Å². The Labute approximate surface area is 173 Å². The SMILES string of the molecule is CCNC(=NCCCCCCC(=O)OCC)N1CCN(c2cnn(C)c2)C(=O)C1. The molecule has 162 valence electrons. The average molecular weight is 407 g/mol. The molecule has 9 nitrogen and oxygen atoms in total. The summed E-state index contributed by atoms with van der Waals surface area (Å²) in [5.41, 5.74) is 0.835. The van der Waals surface area contributed by atoms with Crippen molar-refractivity contribution >= 4 is 23.5 Å². The molecule has 0 atom stereocenters. The Kier molecular flexibility index (Phi) is 9.46. The average Bonchev–Trinajstić information content (AvgIpc) is 3.12. The maximum atomic E-state index is 12.6. The molecule has 1 aliphatic rings. The highest BCUT2D eigenvalue weighted by Gasteiger charge is 2.27. The predicted octanol–water partition coefficient (Wildman–Crippen LogP) is 1.55. The van der Waals surface area contributed by atoms with E-state index < -0.39 is 0 Å². The van der Waals surface area contributed by atoms with Gasteiger partial charge in [-0.3, -0.25) is 19.3 Å². The lowest BCUT2D eigenvalue weighted by Crippen LogP contribution is -2.55. The van der Waals surface area contributed by atoms with E-state index >= 15 is 0 Å². The number of piperazine rings is 1. The van der Waals surface area contributed by atoms with Crippen molar-refractivity contribution in [1.82, 2.24) is 20.0 Å². The number of aromatic nitrogens is 2. The zero-order valence-corrected chi connectivity index (χ0v) is 17.9. The number of rotatable bonds is 10. The Hall–Kier alpha value is -2.58. The molecule has 1 N–H and O–H groups in total. The van der Waals surface area contributed by atoms with Gasteiger partial charge in [0.25, 0.3) is 0 Å². The molecule has 0 bridgehead atoms. The van der Waals surface area contributed by atoms with E-state index in [1.54, 1.807) is 15.8 Å². The van der Waals surface area contributed by atoms with E-state index in [1.165, 1.54) is 0 Å². The first-order valence-corrected chi connectivity index (χ1v) is 10.5. The van der Waals surface area contributed by atoms with E-state index in [2.05, 4.69) is 15.4 Å². The van der Waals surface area contributed by atoms with E-state index in [4.69, 9.17) is 4.74 Å². The second-order valence-corrected chi connectivity index (χ2v) is 7.04. The van der Waals surface area contributed by atoms with E-state index in [-0.39, 0.29) is 11.9 Å². The van der Waals surface area contributed by atoms with E-state index in [1.807, 2.05) is 32.0 Å². The largest absolute Gasteiger partial charge is 0.466 e. The molecule has 0 aliphatic carbocycles. The van der Waals surface area contributed by atoms with Crippen LogP contribution in [-0.2, 0) is 21.4 Å². The van der Waals surface area contributed by atoms with Gasteiger partial charge in [-0.1, -0.05) is 12.8 Å². The van der Waals surface area contributed by atoms with Crippen LogP contribution in [0.2, 0.25) is 0 Å². The smallest absolute Gasteiger partial charge is 0.305 e. The lowest BCUT2D eigenvalue weighted by molar-refractivity contribution is -0.143. The van der Waals surface area contributed by atoms with Gasteiger partial charge in [-0.25, -0.2) is 0 Å². The lowest BCUT2D eigenvalue weighted by atomic mass is 10.1. The van der Waals surface area contributed by atoms with Crippen LogP contribution in [0.5, 0.6) is 0 Å². The van der Waals surface area contributed by atoms with Crippen LogP contribution in [0.25, 0.3) is 0 Å². The minimum absolute atomic E-state index is 0.0498. The molecule has 0 radical (unpaired) electrons. The van der Waals surface area contributed by atoms with Gasteiger partial charge in [0.15, 0.2) is 5.96 Å². The number of guanidine groups is 1. The van der Waals surface area contributed by atoms with Crippen LogP contribution in [0.15, 0.2) is 17.4 Å². The molecule has 0 unspecified atom stereocenters. The minimum atomic E-state index is -0.116. The van der Waals surface area contributed by atoms with Crippen molar-refractivity contribution in [2.75, 3.05) is 44.2 Å². The number of hydrogen-bond acceptors (Lipinski definition) is 5. The summed E-state index contributed by atoms with van der Waals surface area (Å²) in [6.07, 6.45) is 7.89. The standard InChI is InChI=1S/C20H34N6O3/c1-4-21-20(22-11-9-7-6-8-10-19(28)29-5-2)25-12-13-26(18(27)16-25)17-14-23-24(3)15-17/h14-15H,4-13,16H2,1-3H3,(H,21,22). The van der Waals surface area contributed by atoms with Crippen molar-refractivity contribution < 1.29 is 14.3 Å². The van der Waals surface area contributed by atoms with Crippen LogP contribution in [0.4, 0.5) is 5.69 Å². The lowest BCUT2D eigenvalue weighted by Gasteiger charge is -2.35. The fourth-order valence-electron chi connectivity index (χ4n) is 3.25. The summed E-state index contributed by atoms with van der Waals surface area (Å²) >= 11 is 0. The number of carbonyl (C=O) groups excluding carboxylic acids is 2. The first kappa shape index (κ1) is 22.7. The molecule has 1 aliphatic heterocycles. The van der Waals surface area contributed by atoms with Crippen molar-refractivity contribution in [2.45, 2.75) is 46.0 Å². The molecule has 1 saturated heterocycles. The Morgan fingerprint density at radius 3 is 2.69 bits per heavy atom. The van der Waals surface area contributed by atoms with Crippen LogP contribution in [0.3, 0.4) is 0 Å².